The third-order valence-corrected chi connectivity index (χ3v) is 10.8. The summed E-state index contributed by atoms with van der Waals surface area (Å²) in [6, 6.07) is -1.48. The molecule has 0 aromatic carbocycles. The van der Waals surface area contributed by atoms with Crippen molar-refractivity contribution in [3.63, 3.8) is 0 Å². The maximum absolute atomic E-state index is 12.5. The molecule has 0 bridgehead atoms. The highest BCUT2D eigenvalue weighted by Gasteiger charge is 2.56. The average Bonchev–Trinajstić information content (AvgIpc) is 3.17. The van der Waals surface area contributed by atoms with Gasteiger partial charge in [0, 0.05) is 14.0 Å². The van der Waals surface area contributed by atoms with Crippen LogP contribution in [0.1, 0.15) is 27.7 Å². The summed E-state index contributed by atoms with van der Waals surface area (Å²) < 4.78 is 57.0. The minimum Gasteiger partial charge on any atom is -0.394 e. The first-order valence-corrected chi connectivity index (χ1v) is 18.6. The summed E-state index contributed by atoms with van der Waals surface area (Å²) in [5.74, 6) is -0.687. The molecule has 0 aromatic rings. The lowest BCUT2D eigenvalue weighted by atomic mass is 9.94. The molecule has 5 aliphatic heterocycles. The predicted molar refractivity (Wildman–Crippen MR) is 179 cm³/mol. The molecule has 0 unspecified atom stereocenters. The Balaban J connectivity index is 1.35. The smallest absolute Gasteiger partial charge is 0.217 e. The number of hydrogen-bond acceptors (Lipinski definition) is 23. The molecule has 5 saturated heterocycles. The van der Waals surface area contributed by atoms with Gasteiger partial charge in [-0.2, -0.15) is 0 Å². The van der Waals surface area contributed by atoms with Crippen molar-refractivity contribution < 1.29 is 113 Å². The Hall–Kier alpha value is -1.41. The standard InChI is InChI=1S/C33H57NO23/c1-8-15(38)21(44)28(33(48-5)51-8)57-29-14(34-11(4)37)25(19(42)13(7-36)52-29)54-31-23(46)27(17(40)9(2)49-31)56-32-24(47)26(16(39)10(3)50-32)55-30-22(45)20(43)18(41)12(6-35)53-30/h8-10,12-33,35-36,38-47H,6-7H2,1-5H3,(H,34,37)/t8-,9-,10-,12+,13+,14+,15-,16-,17-,18+,19+,20-,21+,22+,23+,24+,25+,26+,27+,28+,29-,30+,31-,32-,33+/m0/s1. The van der Waals surface area contributed by atoms with Crippen LogP contribution in [-0.4, -0.2) is 241 Å². The number of carbonyl (C=O) groups is 1. The van der Waals surface area contributed by atoms with Gasteiger partial charge in [0.1, 0.15) is 104 Å². The first kappa shape index (κ1) is 46.7. The van der Waals surface area contributed by atoms with Crippen molar-refractivity contribution in [2.24, 2.45) is 0 Å². The van der Waals surface area contributed by atoms with Gasteiger partial charge in [-0.3, -0.25) is 4.79 Å². The summed E-state index contributed by atoms with van der Waals surface area (Å²) in [6.07, 6.45) is -38.3. The zero-order valence-corrected chi connectivity index (χ0v) is 31.7. The van der Waals surface area contributed by atoms with E-state index in [4.69, 9.17) is 47.4 Å². The number of ether oxygens (including phenoxy) is 10. The van der Waals surface area contributed by atoms with Crippen molar-refractivity contribution in [2.45, 2.75) is 181 Å². The number of nitrogens with one attached hydrogen (secondary N) is 1. The summed E-state index contributed by atoms with van der Waals surface area (Å²) in [7, 11) is 1.25. The van der Waals surface area contributed by atoms with Gasteiger partial charge in [-0.1, -0.05) is 0 Å². The molecule has 5 aliphatic rings. The second kappa shape index (κ2) is 19.5. The SMILES string of the molecule is CO[C@@H]1O[C@@H](C)[C@H](O)[C@@H](O)[C@H]1O[C@@H]1O[C@H](CO)[C@@H](O)[C@H](O[C@@H]2O[C@@H](C)[C@H](O)[C@@H](O[C@@H]3O[C@@H](C)[C@H](O)[C@@H](O[C@H]4O[C@H](CO)[C@@H](O)[C@H](O)[C@H]4O)[C@H]3O)[C@H]2O)[C@H]1NC(C)=O. The number of amides is 1. The summed E-state index contributed by atoms with van der Waals surface area (Å²) in [5.41, 5.74) is 0. The molecule has 332 valence electrons. The average molecular weight is 836 g/mol. The monoisotopic (exact) mass is 835 g/mol. The van der Waals surface area contributed by atoms with E-state index in [0.717, 1.165) is 6.92 Å². The van der Waals surface area contributed by atoms with E-state index < -0.39 is 173 Å². The quantitative estimate of drug-likeness (QED) is 0.0868. The molecule has 5 fully saturated rings. The van der Waals surface area contributed by atoms with Crippen LogP contribution in [0.3, 0.4) is 0 Å². The van der Waals surface area contributed by atoms with Crippen LogP contribution < -0.4 is 5.32 Å². The lowest BCUT2D eigenvalue weighted by Gasteiger charge is -2.50. The van der Waals surface area contributed by atoms with E-state index in [-0.39, 0.29) is 0 Å². The Bertz CT molecular complexity index is 1290. The first-order chi connectivity index (χ1) is 26.8. The van der Waals surface area contributed by atoms with Crippen LogP contribution in [0, 0.1) is 0 Å². The largest absolute Gasteiger partial charge is 0.394 e. The van der Waals surface area contributed by atoms with Gasteiger partial charge in [-0.15, -0.1) is 0 Å². The number of hydrogen-bond donors (Lipinski definition) is 13. The van der Waals surface area contributed by atoms with Crippen molar-refractivity contribution in [1.82, 2.24) is 5.32 Å². The summed E-state index contributed by atoms with van der Waals surface area (Å²) in [4.78, 5) is 12.5. The van der Waals surface area contributed by atoms with Crippen molar-refractivity contribution >= 4 is 5.91 Å². The van der Waals surface area contributed by atoms with Crippen LogP contribution in [0.5, 0.6) is 0 Å². The lowest BCUT2D eigenvalue weighted by Crippen LogP contribution is -2.69. The summed E-state index contributed by atoms with van der Waals surface area (Å²) in [6.45, 7) is 3.73. The van der Waals surface area contributed by atoms with E-state index >= 15 is 0 Å². The molecule has 0 aromatic heterocycles. The predicted octanol–water partition coefficient (Wildman–Crippen LogP) is -8.04. The second-order valence-corrected chi connectivity index (χ2v) is 14.9. The maximum Gasteiger partial charge on any atom is 0.217 e. The van der Waals surface area contributed by atoms with Gasteiger partial charge in [0.2, 0.25) is 5.91 Å². The Morgan fingerprint density at radius 3 is 1.39 bits per heavy atom. The molecule has 25 atom stereocenters. The van der Waals surface area contributed by atoms with E-state index in [1.807, 2.05) is 0 Å². The molecular formula is C33H57NO23. The number of aliphatic hydroxyl groups is 12. The van der Waals surface area contributed by atoms with E-state index in [0.29, 0.717) is 0 Å². The van der Waals surface area contributed by atoms with Crippen LogP contribution in [0.4, 0.5) is 0 Å². The van der Waals surface area contributed by atoms with E-state index in [1.165, 1.54) is 27.9 Å². The van der Waals surface area contributed by atoms with Gasteiger partial charge in [-0.05, 0) is 20.8 Å². The topological polar surface area (TPSA) is 364 Å². The molecule has 5 heterocycles. The highest BCUT2D eigenvalue weighted by molar-refractivity contribution is 5.73. The molecule has 1 amide bonds. The van der Waals surface area contributed by atoms with Crippen LogP contribution in [0.25, 0.3) is 0 Å². The molecular weight excluding hydrogens is 778 g/mol. The fraction of sp³-hybridized carbons (Fsp3) is 0.970. The van der Waals surface area contributed by atoms with Crippen molar-refractivity contribution in [3.05, 3.63) is 0 Å². The first-order valence-electron chi connectivity index (χ1n) is 18.6. The molecule has 0 aliphatic carbocycles. The highest BCUT2D eigenvalue weighted by atomic mass is 16.8. The maximum atomic E-state index is 12.5. The Kier molecular flexibility index (Phi) is 16.0. The van der Waals surface area contributed by atoms with Crippen LogP contribution in [0.15, 0.2) is 0 Å². The molecule has 0 saturated carbocycles. The molecule has 0 spiro atoms. The third kappa shape index (κ3) is 9.73. The summed E-state index contributed by atoms with van der Waals surface area (Å²) >= 11 is 0. The molecule has 0 radical (unpaired) electrons. The van der Waals surface area contributed by atoms with Gasteiger partial charge in [0.05, 0.1) is 31.5 Å². The fourth-order valence-corrected chi connectivity index (χ4v) is 7.41. The minimum atomic E-state index is -1.97. The van der Waals surface area contributed by atoms with E-state index in [9.17, 15) is 66.1 Å². The molecule has 13 N–H and O–H groups in total. The Morgan fingerprint density at radius 1 is 0.474 bits per heavy atom. The van der Waals surface area contributed by atoms with Gasteiger partial charge < -0.3 is 114 Å². The van der Waals surface area contributed by atoms with Crippen LogP contribution in [0.2, 0.25) is 0 Å². The van der Waals surface area contributed by atoms with E-state index in [2.05, 4.69) is 5.32 Å². The molecule has 24 nitrogen and oxygen atoms in total. The zero-order valence-electron chi connectivity index (χ0n) is 31.7. The second-order valence-electron chi connectivity index (χ2n) is 14.9. The van der Waals surface area contributed by atoms with Gasteiger partial charge in [0.25, 0.3) is 0 Å². The normalized spacial score (nSPS) is 52.3. The Labute approximate surface area is 326 Å². The van der Waals surface area contributed by atoms with Crippen molar-refractivity contribution in [3.8, 4) is 0 Å². The number of rotatable bonds is 12. The summed E-state index contributed by atoms with van der Waals surface area (Å²) in [5, 5.41) is 131. The fourth-order valence-electron chi connectivity index (χ4n) is 7.41. The van der Waals surface area contributed by atoms with Gasteiger partial charge in [0.15, 0.2) is 31.5 Å². The van der Waals surface area contributed by atoms with Crippen LogP contribution >= 0.6 is 0 Å². The highest BCUT2D eigenvalue weighted by Crippen LogP contribution is 2.36. The number of carbonyl (C=O) groups excluding carboxylic acids is 1. The van der Waals surface area contributed by atoms with Gasteiger partial charge in [-0.25, -0.2) is 0 Å². The van der Waals surface area contributed by atoms with E-state index in [1.54, 1.807) is 0 Å². The molecule has 5 rings (SSSR count). The third-order valence-electron chi connectivity index (χ3n) is 10.8. The molecule has 57 heavy (non-hydrogen) atoms. The van der Waals surface area contributed by atoms with Crippen molar-refractivity contribution in [2.75, 3.05) is 20.3 Å². The van der Waals surface area contributed by atoms with Crippen molar-refractivity contribution in [1.29, 1.82) is 0 Å². The zero-order chi connectivity index (χ0) is 42.2. The number of aliphatic hydroxyl groups excluding tert-OH is 12. The Morgan fingerprint density at radius 2 is 0.895 bits per heavy atom. The molecule has 24 heteroatoms. The minimum absolute atomic E-state index is 0.687. The van der Waals surface area contributed by atoms with Crippen LogP contribution in [-0.2, 0) is 52.2 Å². The lowest BCUT2D eigenvalue weighted by molar-refractivity contribution is -0.386. The van der Waals surface area contributed by atoms with Gasteiger partial charge >= 0.3 is 0 Å². The number of methoxy groups -OCH3 is 1.